The smallest absolute Gasteiger partial charge is 0.249 e. The Kier molecular flexibility index (Phi) is 2.42. The third kappa shape index (κ3) is 1.61. The van der Waals surface area contributed by atoms with Crippen molar-refractivity contribution in [3.63, 3.8) is 0 Å². The molecule has 0 bridgehead atoms. The molecule has 0 aromatic carbocycles. The number of amides is 3. The van der Waals surface area contributed by atoms with Gasteiger partial charge in [0.1, 0.15) is 6.04 Å². The highest BCUT2D eigenvalue weighted by Gasteiger charge is 2.28. The van der Waals surface area contributed by atoms with E-state index in [-0.39, 0.29) is 11.8 Å². The normalized spacial score (nSPS) is 23.2. The fraction of sp³-hybridized carbons (Fsp3) is 0.571. The number of imide groups is 1. The number of piperidine rings is 1. The van der Waals surface area contributed by atoms with Crippen LogP contribution in [0, 0.1) is 0 Å². The van der Waals surface area contributed by atoms with E-state index in [0.717, 1.165) is 0 Å². The van der Waals surface area contributed by atoms with Crippen LogP contribution in [0.3, 0.4) is 0 Å². The minimum Gasteiger partial charge on any atom is -0.336 e. The van der Waals surface area contributed by atoms with Crippen molar-refractivity contribution >= 4 is 18.2 Å². The largest absolute Gasteiger partial charge is 0.336 e. The third-order valence-electron chi connectivity index (χ3n) is 1.87. The summed E-state index contributed by atoms with van der Waals surface area (Å²) in [6.07, 6.45) is 1.30. The van der Waals surface area contributed by atoms with Gasteiger partial charge >= 0.3 is 0 Å². The number of carbonyl (C=O) groups is 3. The second-order valence-electron chi connectivity index (χ2n) is 2.74. The van der Waals surface area contributed by atoms with Crippen LogP contribution >= 0.6 is 0 Å². The zero-order valence-electron chi connectivity index (χ0n) is 6.74. The maximum absolute atomic E-state index is 11.1. The molecule has 12 heavy (non-hydrogen) atoms. The number of nitrogens with zero attached hydrogens (tertiary/aromatic N) is 1. The van der Waals surface area contributed by atoms with Crippen molar-refractivity contribution in [1.29, 1.82) is 0 Å². The summed E-state index contributed by atoms with van der Waals surface area (Å²) in [5.74, 6) is -0.656. The first-order valence-electron chi connectivity index (χ1n) is 3.66. The predicted molar refractivity (Wildman–Crippen MR) is 40.0 cm³/mol. The van der Waals surface area contributed by atoms with Crippen molar-refractivity contribution in [3.05, 3.63) is 0 Å². The first kappa shape index (κ1) is 8.70. The molecule has 66 valence electrons. The lowest BCUT2D eigenvalue weighted by Crippen LogP contribution is -2.50. The maximum Gasteiger partial charge on any atom is 0.249 e. The average Bonchev–Trinajstić information content (AvgIpc) is 2.03. The zero-order valence-corrected chi connectivity index (χ0v) is 6.74. The lowest BCUT2D eigenvalue weighted by molar-refractivity contribution is -0.140. The van der Waals surface area contributed by atoms with Crippen LogP contribution in [0.5, 0.6) is 0 Å². The van der Waals surface area contributed by atoms with Crippen LogP contribution in [-0.4, -0.2) is 36.2 Å². The van der Waals surface area contributed by atoms with Crippen molar-refractivity contribution in [1.82, 2.24) is 10.2 Å². The van der Waals surface area contributed by atoms with Crippen molar-refractivity contribution in [2.45, 2.75) is 18.9 Å². The topological polar surface area (TPSA) is 66.5 Å². The summed E-state index contributed by atoms with van der Waals surface area (Å²) in [4.78, 5) is 33.3. The molecule has 1 aliphatic rings. The molecule has 0 radical (unpaired) electrons. The second kappa shape index (κ2) is 3.34. The lowest BCUT2D eigenvalue weighted by atomic mass is 10.1. The van der Waals surface area contributed by atoms with Crippen LogP contribution < -0.4 is 5.32 Å². The van der Waals surface area contributed by atoms with Crippen molar-refractivity contribution in [2.75, 3.05) is 7.05 Å². The molecule has 5 nitrogen and oxygen atoms in total. The summed E-state index contributed by atoms with van der Waals surface area (Å²) in [6, 6.07) is -0.486. The van der Waals surface area contributed by atoms with Gasteiger partial charge in [-0.05, 0) is 6.42 Å². The fourth-order valence-corrected chi connectivity index (χ4v) is 1.14. The minimum atomic E-state index is -0.486. The Morgan fingerprint density at radius 3 is 2.75 bits per heavy atom. The monoisotopic (exact) mass is 170 g/mol. The van der Waals surface area contributed by atoms with E-state index in [1.165, 1.54) is 11.9 Å². The molecule has 5 heteroatoms. The Bertz CT molecular complexity index is 227. The molecule has 1 unspecified atom stereocenters. The molecular formula is C7H10N2O3. The van der Waals surface area contributed by atoms with Gasteiger partial charge in [0.25, 0.3) is 0 Å². The number of carbonyl (C=O) groups excluding carboxylic acids is 3. The molecule has 1 rings (SSSR count). The van der Waals surface area contributed by atoms with E-state index in [1.807, 2.05) is 0 Å². The Morgan fingerprint density at radius 1 is 1.58 bits per heavy atom. The van der Waals surface area contributed by atoms with Crippen molar-refractivity contribution < 1.29 is 14.4 Å². The van der Waals surface area contributed by atoms with E-state index in [9.17, 15) is 14.4 Å². The standard InChI is InChI=1S/C7H10N2O3/c1-9(4-10)5-2-3-6(11)8-7(5)12/h4-5H,2-3H2,1H3,(H,8,11,12). The van der Waals surface area contributed by atoms with Gasteiger partial charge in [-0.2, -0.15) is 0 Å². The molecule has 1 aliphatic heterocycles. The Labute approximate surface area is 69.7 Å². The molecule has 0 aromatic rings. The molecule has 3 amide bonds. The number of nitrogens with one attached hydrogen (secondary N) is 1. The van der Waals surface area contributed by atoms with Gasteiger partial charge in [-0.15, -0.1) is 0 Å². The number of likely N-dealkylation sites (N-methyl/N-ethyl adjacent to an activating group) is 1. The van der Waals surface area contributed by atoms with Gasteiger partial charge < -0.3 is 4.90 Å². The van der Waals surface area contributed by atoms with Crippen LogP contribution in [0.15, 0.2) is 0 Å². The summed E-state index contributed by atoms with van der Waals surface area (Å²) in [7, 11) is 1.52. The van der Waals surface area contributed by atoms with Gasteiger partial charge in [-0.3, -0.25) is 19.7 Å². The molecule has 1 fully saturated rings. The molecule has 1 heterocycles. The first-order valence-corrected chi connectivity index (χ1v) is 3.66. The van der Waals surface area contributed by atoms with Gasteiger partial charge in [-0.25, -0.2) is 0 Å². The van der Waals surface area contributed by atoms with E-state index in [2.05, 4.69) is 5.32 Å². The highest BCUT2D eigenvalue weighted by atomic mass is 16.2. The third-order valence-corrected chi connectivity index (χ3v) is 1.87. The number of rotatable bonds is 2. The van der Waals surface area contributed by atoms with E-state index in [0.29, 0.717) is 19.3 Å². The van der Waals surface area contributed by atoms with Gasteiger partial charge in [0.2, 0.25) is 18.2 Å². The Morgan fingerprint density at radius 2 is 2.25 bits per heavy atom. The molecule has 1 saturated heterocycles. The minimum absolute atomic E-state index is 0.268. The molecular weight excluding hydrogens is 160 g/mol. The molecule has 1 atom stereocenters. The second-order valence-corrected chi connectivity index (χ2v) is 2.74. The summed E-state index contributed by atoms with van der Waals surface area (Å²) in [6.45, 7) is 0. The van der Waals surface area contributed by atoms with Crippen molar-refractivity contribution in [3.8, 4) is 0 Å². The average molecular weight is 170 g/mol. The van der Waals surface area contributed by atoms with Crippen LogP contribution in [0.1, 0.15) is 12.8 Å². The van der Waals surface area contributed by atoms with E-state index in [4.69, 9.17) is 0 Å². The number of hydrogen-bond acceptors (Lipinski definition) is 3. The summed E-state index contributed by atoms with van der Waals surface area (Å²) < 4.78 is 0. The molecule has 1 N–H and O–H groups in total. The Balaban J connectivity index is 2.62. The SMILES string of the molecule is CN(C=O)C1CCC(=O)NC1=O. The van der Waals surface area contributed by atoms with Gasteiger partial charge in [0.15, 0.2) is 0 Å². The molecule has 0 aromatic heterocycles. The Hall–Kier alpha value is -1.39. The number of hydrogen-bond donors (Lipinski definition) is 1. The van der Waals surface area contributed by atoms with E-state index >= 15 is 0 Å². The first-order chi connectivity index (χ1) is 5.65. The summed E-state index contributed by atoms with van der Waals surface area (Å²) in [5, 5.41) is 2.17. The summed E-state index contributed by atoms with van der Waals surface area (Å²) >= 11 is 0. The van der Waals surface area contributed by atoms with Gasteiger partial charge in [0.05, 0.1) is 0 Å². The lowest BCUT2D eigenvalue weighted by Gasteiger charge is -2.26. The fourth-order valence-electron chi connectivity index (χ4n) is 1.14. The highest BCUT2D eigenvalue weighted by Crippen LogP contribution is 2.08. The van der Waals surface area contributed by atoms with Crippen LogP contribution in [-0.2, 0) is 14.4 Å². The zero-order chi connectivity index (χ0) is 9.14. The maximum atomic E-state index is 11.1. The predicted octanol–water partition coefficient (Wildman–Crippen LogP) is -1.12. The van der Waals surface area contributed by atoms with Crippen LogP contribution in [0.25, 0.3) is 0 Å². The quantitative estimate of drug-likeness (QED) is 0.421. The van der Waals surface area contributed by atoms with Crippen LogP contribution in [0.2, 0.25) is 0 Å². The summed E-state index contributed by atoms with van der Waals surface area (Å²) in [5.41, 5.74) is 0. The molecule has 0 saturated carbocycles. The molecule has 0 aliphatic carbocycles. The van der Waals surface area contributed by atoms with Crippen molar-refractivity contribution in [2.24, 2.45) is 0 Å². The van der Waals surface area contributed by atoms with Crippen LogP contribution in [0.4, 0.5) is 0 Å². The highest BCUT2D eigenvalue weighted by molar-refractivity contribution is 6.00. The van der Waals surface area contributed by atoms with E-state index < -0.39 is 6.04 Å². The molecule has 0 spiro atoms. The van der Waals surface area contributed by atoms with E-state index in [1.54, 1.807) is 0 Å². The van der Waals surface area contributed by atoms with Gasteiger partial charge in [-0.1, -0.05) is 0 Å². The van der Waals surface area contributed by atoms with Gasteiger partial charge in [0, 0.05) is 13.5 Å².